The van der Waals surface area contributed by atoms with E-state index in [9.17, 15) is 14.4 Å². The molecule has 2 aliphatic rings. The molecule has 2 atom stereocenters. The maximum atomic E-state index is 13.6. The van der Waals surface area contributed by atoms with Gasteiger partial charge in [0, 0.05) is 12.3 Å². The van der Waals surface area contributed by atoms with Gasteiger partial charge in [0.25, 0.3) is 0 Å². The molecule has 0 bridgehead atoms. The van der Waals surface area contributed by atoms with Crippen LogP contribution in [0, 0.1) is 0 Å². The third kappa shape index (κ3) is 4.84. The van der Waals surface area contributed by atoms with Crippen molar-refractivity contribution in [2.45, 2.75) is 84.0 Å². The molecule has 1 spiro atoms. The predicted molar refractivity (Wildman–Crippen MR) is 116 cm³/mol. The quantitative estimate of drug-likeness (QED) is 0.688. The van der Waals surface area contributed by atoms with E-state index >= 15 is 0 Å². The number of nitrogens with zero attached hydrogens (tertiary/aromatic N) is 1. The average Bonchev–Trinajstić information content (AvgIpc) is 2.79. The van der Waals surface area contributed by atoms with Gasteiger partial charge >= 0.3 is 12.2 Å². The van der Waals surface area contributed by atoms with E-state index in [0.717, 1.165) is 10.5 Å². The molecule has 2 aliphatic heterocycles. The fraction of sp³-hybridized carbons (Fsp3) is 0.609. The van der Waals surface area contributed by atoms with Crippen LogP contribution in [0.2, 0.25) is 0 Å². The summed E-state index contributed by atoms with van der Waals surface area (Å²) in [6, 6.07) is 5.13. The third-order valence-electron chi connectivity index (χ3n) is 5.16. The van der Waals surface area contributed by atoms with Crippen molar-refractivity contribution in [1.29, 1.82) is 0 Å². The number of benzene rings is 1. The number of fused-ring (bicyclic) bond motifs is 2. The number of ether oxygens (including phenoxy) is 3. The first-order valence-corrected chi connectivity index (χ1v) is 10.6. The molecule has 0 saturated carbocycles. The standard InChI is InChI=1S/C23H32N2O6/c1-14-13-23(10-11-29-14)16-9-8-15(24-19(27)30-21(2,3)4)12-17(16)25(18(23)26)20(28)31-22(5,6)7/h8-9,12,14H,10-11,13H2,1-7H3,(H,24,27)/t14-,23+/m0/s1. The van der Waals surface area contributed by atoms with Gasteiger partial charge in [0.2, 0.25) is 5.91 Å². The second-order valence-corrected chi connectivity index (χ2v) is 10.2. The SMILES string of the molecule is C[C@H]1C[C@@]2(CCO1)C(=O)N(C(=O)OC(C)(C)C)c1cc(NC(=O)OC(C)(C)C)ccc12. The van der Waals surface area contributed by atoms with Gasteiger partial charge in [-0.1, -0.05) is 6.07 Å². The van der Waals surface area contributed by atoms with E-state index in [4.69, 9.17) is 14.2 Å². The summed E-state index contributed by atoms with van der Waals surface area (Å²) in [7, 11) is 0. The van der Waals surface area contributed by atoms with E-state index in [0.29, 0.717) is 30.8 Å². The molecule has 0 aromatic heterocycles. The second-order valence-electron chi connectivity index (χ2n) is 10.2. The highest BCUT2D eigenvalue weighted by Gasteiger charge is 2.55. The molecule has 1 aromatic carbocycles. The molecule has 1 fully saturated rings. The van der Waals surface area contributed by atoms with Crippen molar-refractivity contribution in [3.05, 3.63) is 23.8 Å². The largest absolute Gasteiger partial charge is 0.444 e. The number of carbonyl (C=O) groups is 3. The highest BCUT2D eigenvalue weighted by Crippen LogP contribution is 2.50. The predicted octanol–water partition coefficient (Wildman–Crippen LogP) is 4.75. The lowest BCUT2D eigenvalue weighted by Gasteiger charge is -2.35. The lowest BCUT2D eigenvalue weighted by atomic mass is 9.73. The van der Waals surface area contributed by atoms with Crippen LogP contribution < -0.4 is 10.2 Å². The molecule has 170 valence electrons. The zero-order chi connectivity index (χ0) is 23.2. The number of anilines is 2. The van der Waals surface area contributed by atoms with Crippen molar-refractivity contribution in [2.75, 3.05) is 16.8 Å². The van der Waals surface area contributed by atoms with Gasteiger partial charge in [0.05, 0.1) is 17.2 Å². The summed E-state index contributed by atoms with van der Waals surface area (Å²) in [6.07, 6.45) is -0.527. The first-order valence-electron chi connectivity index (χ1n) is 10.6. The van der Waals surface area contributed by atoms with Gasteiger partial charge in [0.15, 0.2) is 0 Å². The van der Waals surface area contributed by atoms with Gasteiger partial charge in [0.1, 0.15) is 11.2 Å². The van der Waals surface area contributed by atoms with Gasteiger partial charge in [-0.25, -0.2) is 14.5 Å². The van der Waals surface area contributed by atoms with Crippen molar-refractivity contribution in [2.24, 2.45) is 0 Å². The number of imide groups is 1. The Morgan fingerprint density at radius 1 is 1.13 bits per heavy atom. The highest BCUT2D eigenvalue weighted by atomic mass is 16.6. The number of rotatable bonds is 1. The fourth-order valence-electron chi connectivity index (χ4n) is 4.07. The smallest absolute Gasteiger partial charge is 0.421 e. The fourth-order valence-corrected chi connectivity index (χ4v) is 4.07. The number of nitrogens with one attached hydrogen (secondary N) is 1. The molecule has 1 N–H and O–H groups in total. The van der Waals surface area contributed by atoms with Gasteiger partial charge < -0.3 is 14.2 Å². The number of amides is 3. The zero-order valence-corrected chi connectivity index (χ0v) is 19.3. The van der Waals surface area contributed by atoms with Crippen LogP contribution >= 0.6 is 0 Å². The number of carbonyl (C=O) groups excluding carboxylic acids is 3. The van der Waals surface area contributed by atoms with Gasteiger partial charge in [-0.3, -0.25) is 10.1 Å². The van der Waals surface area contributed by atoms with E-state index in [1.807, 2.05) is 6.92 Å². The molecule has 0 aliphatic carbocycles. The lowest BCUT2D eigenvalue weighted by molar-refractivity contribution is -0.128. The molecule has 8 nitrogen and oxygen atoms in total. The molecule has 1 aromatic rings. The minimum absolute atomic E-state index is 0.122. The van der Waals surface area contributed by atoms with Crippen molar-refractivity contribution in [3.63, 3.8) is 0 Å². The average molecular weight is 433 g/mol. The number of hydrogen-bond donors (Lipinski definition) is 1. The Bertz CT molecular complexity index is 898. The van der Waals surface area contributed by atoms with Crippen LogP contribution in [-0.4, -0.2) is 42.0 Å². The van der Waals surface area contributed by atoms with E-state index < -0.39 is 28.8 Å². The summed E-state index contributed by atoms with van der Waals surface area (Å²) in [5.41, 5.74) is -0.680. The Hall–Kier alpha value is -2.61. The summed E-state index contributed by atoms with van der Waals surface area (Å²) < 4.78 is 16.5. The Morgan fingerprint density at radius 3 is 2.35 bits per heavy atom. The first-order chi connectivity index (χ1) is 14.2. The molecule has 0 unspecified atom stereocenters. The Morgan fingerprint density at radius 2 is 1.77 bits per heavy atom. The summed E-state index contributed by atoms with van der Waals surface area (Å²) >= 11 is 0. The molecule has 1 saturated heterocycles. The maximum Gasteiger partial charge on any atom is 0.421 e. The third-order valence-corrected chi connectivity index (χ3v) is 5.16. The van der Waals surface area contributed by atoms with Crippen LogP contribution in [0.3, 0.4) is 0 Å². The monoisotopic (exact) mass is 432 g/mol. The minimum Gasteiger partial charge on any atom is -0.444 e. The van der Waals surface area contributed by atoms with Crippen LogP contribution in [0.1, 0.15) is 66.9 Å². The Balaban J connectivity index is 2.01. The van der Waals surface area contributed by atoms with Crippen LogP contribution in [0.5, 0.6) is 0 Å². The second kappa shape index (κ2) is 7.82. The molecular weight excluding hydrogens is 400 g/mol. The van der Waals surface area contributed by atoms with Crippen molar-refractivity contribution < 1.29 is 28.6 Å². The first kappa shape index (κ1) is 23.1. The molecule has 8 heteroatoms. The maximum absolute atomic E-state index is 13.6. The van der Waals surface area contributed by atoms with Crippen LogP contribution in [0.15, 0.2) is 18.2 Å². The summed E-state index contributed by atoms with van der Waals surface area (Å²) in [6.45, 7) is 12.9. The molecule has 2 heterocycles. The molecule has 0 radical (unpaired) electrons. The molecular formula is C23H32N2O6. The summed E-state index contributed by atoms with van der Waals surface area (Å²) in [5.74, 6) is -0.318. The topological polar surface area (TPSA) is 94.2 Å². The molecule has 3 amide bonds. The number of hydrogen-bond acceptors (Lipinski definition) is 6. The van der Waals surface area contributed by atoms with Crippen LogP contribution in [-0.2, 0) is 24.4 Å². The van der Waals surface area contributed by atoms with Crippen LogP contribution in [0.4, 0.5) is 21.0 Å². The Kier molecular flexibility index (Phi) is 5.82. The van der Waals surface area contributed by atoms with Gasteiger partial charge in [-0.2, -0.15) is 0 Å². The lowest BCUT2D eigenvalue weighted by Crippen LogP contribution is -2.48. The highest BCUT2D eigenvalue weighted by molar-refractivity contribution is 6.21. The van der Waals surface area contributed by atoms with E-state index in [-0.39, 0.29) is 12.0 Å². The van der Waals surface area contributed by atoms with Crippen molar-refractivity contribution in [1.82, 2.24) is 0 Å². The van der Waals surface area contributed by atoms with E-state index in [1.165, 1.54) is 0 Å². The zero-order valence-electron chi connectivity index (χ0n) is 19.3. The summed E-state index contributed by atoms with van der Waals surface area (Å²) in [5, 5.41) is 2.67. The normalized spacial score (nSPS) is 23.5. The van der Waals surface area contributed by atoms with Crippen molar-refractivity contribution >= 4 is 29.5 Å². The Labute approximate surface area is 183 Å². The van der Waals surface area contributed by atoms with Gasteiger partial charge in [-0.15, -0.1) is 0 Å². The van der Waals surface area contributed by atoms with Crippen LogP contribution in [0.25, 0.3) is 0 Å². The molecule has 3 rings (SSSR count). The summed E-state index contributed by atoms with van der Waals surface area (Å²) in [4.78, 5) is 39.9. The van der Waals surface area contributed by atoms with E-state index in [2.05, 4.69) is 5.32 Å². The van der Waals surface area contributed by atoms with Gasteiger partial charge in [-0.05, 0) is 79.0 Å². The van der Waals surface area contributed by atoms with E-state index in [1.54, 1.807) is 59.7 Å². The van der Waals surface area contributed by atoms with Crippen molar-refractivity contribution in [3.8, 4) is 0 Å². The molecule has 31 heavy (non-hydrogen) atoms. The minimum atomic E-state index is -0.853.